The molecule has 1 aromatic heterocycles. The average Bonchev–Trinajstić information content (AvgIpc) is 3.21. The molecule has 2 heterocycles. The van der Waals surface area contributed by atoms with E-state index in [2.05, 4.69) is 32.7 Å². The van der Waals surface area contributed by atoms with Gasteiger partial charge in [-0.2, -0.15) is 5.10 Å². The van der Waals surface area contributed by atoms with Gasteiger partial charge in [0.1, 0.15) is 19.2 Å². The number of carboxylic acids is 2. The number of halogens is 1. The van der Waals surface area contributed by atoms with Crippen molar-refractivity contribution < 1.29 is 29.3 Å². The van der Waals surface area contributed by atoms with E-state index >= 15 is 0 Å². The predicted octanol–water partition coefficient (Wildman–Crippen LogP) is 0.938. The summed E-state index contributed by atoms with van der Waals surface area (Å²) in [5.74, 6) is -4.39. The zero-order chi connectivity index (χ0) is 17.6. The summed E-state index contributed by atoms with van der Waals surface area (Å²) in [6.45, 7) is 1.70. The largest absolute Gasteiger partial charge is 0.473 e. The van der Waals surface area contributed by atoms with E-state index in [1.807, 2.05) is 24.3 Å². The Hall–Kier alpha value is -2.05. The first kappa shape index (κ1) is 18.3. The van der Waals surface area contributed by atoms with Crippen molar-refractivity contribution in [2.24, 2.45) is 0 Å². The zero-order valence-electron chi connectivity index (χ0n) is 12.3. The van der Waals surface area contributed by atoms with Gasteiger partial charge < -0.3 is 19.7 Å². The summed E-state index contributed by atoms with van der Waals surface area (Å²) in [6, 6.07) is 8.15. The molecule has 10 heteroatoms. The van der Waals surface area contributed by atoms with Crippen molar-refractivity contribution in [1.82, 2.24) is 14.8 Å². The summed E-state index contributed by atoms with van der Waals surface area (Å²) >= 11 is 2.28. The van der Waals surface area contributed by atoms with Crippen molar-refractivity contribution in [2.45, 2.75) is 12.3 Å². The summed E-state index contributed by atoms with van der Waals surface area (Å²) in [4.78, 5) is 22.1. The standard InChI is InChI=1S/C12H12IN3O2.C2H2O4/c13-11-3-1-10(2-4-11)12(17-5-6-18-12)7-16-9-14-8-15-16;3-1(4)2(5)6/h1-4,8-9H,5-7H2;(H,3,4)(H,5,6). The van der Waals surface area contributed by atoms with Crippen molar-refractivity contribution in [1.29, 1.82) is 0 Å². The molecule has 0 unspecified atom stereocenters. The van der Waals surface area contributed by atoms with Crippen molar-refractivity contribution in [3.05, 3.63) is 46.1 Å². The van der Waals surface area contributed by atoms with Gasteiger partial charge >= 0.3 is 11.9 Å². The first-order chi connectivity index (χ1) is 11.4. The Morgan fingerprint density at radius 3 is 2.21 bits per heavy atom. The van der Waals surface area contributed by atoms with Crippen molar-refractivity contribution >= 4 is 34.5 Å². The Morgan fingerprint density at radius 1 is 1.17 bits per heavy atom. The van der Waals surface area contributed by atoms with Gasteiger partial charge in [0.25, 0.3) is 0 Å². The topological polar surface area (TPSA) is 124 Å². The lowest BCUT2D eigenvalue weighted by atomic mass is 10.1. The molecule has 1 aliphatic rings. The van der Waals surface area contributed by atoms with Crippen LogP contribution in [0.1, 0.15) is 5.56 Å². The highest BCUT2D eigenvalue weighted by molar-refractivity contribution is 14.1. The van der Waals surface area contributed by atoms with Crippen LogP contribution < -0.4 is 0 Å². The molecular formula is C14H14IN3O6. The maximum atomic E-state index is 9.10. The Bertz CT molecular complexity index is 671. The molecule has 2 aromatic rings. The summed E-state index contributed by atoms with van der Waals surface area (Å²) < 4.78 is 14.6. The smallest absolute Gasteiger partial charge is 0.414 e. The van der Waals surface area contributed by atoms with Gasteiger partial charge in [0, 0.05) is 9.13 Å². The first-order valence-electron chi connectivity index (χ1n) is 6.75. The van der Waals surface area contributed by atoms with E-state index in [1.54, 1.807) is 11.0 Å². The third kappa shape index (κ3) is 4.72. The van der Waals surface area contributed by atoms with Crippen LogP contribution in [-0.2, 0) is 31.4 Å². The molecule has 1 aliphatic heterocycles. The zero-order valence-corrected chi connectivity index (χ0v) is 14.5. The number of carbonyl (C=O) groups is 2. The molecule has 0 aliphatic carbocycles. The molecule has 0 atom stereocenters. The van der Waals surface area contributed by atoms with Crippen molar-refractivity contribution in [3.63, 3.8) is 0 Å². The number of benzene rings is 1. The van der Waals surface area contributed by atoms with Gasteiger partial charge in [-0.25, -0.2) is 19.3 Å². The van der Waals surface area contributed by atoms with Crippen LogP contribution in [0.3, 0.4) is 0 Å². The molecule has 0 spiro atoms. The van der Waals surface area contributed by atoms with Gasteiger partial charge in [-0.3, -0.25) is 0 Å². The molecule has 1 fully saturated rings. The Balaban J connectivity index is 0.000000301. The van der Waals surface area contributed by atoms with Crippen LogP contribution in [0.25, 0.3) is 0 Å². The number of carboxylic acid groups (broad SMARTS) is 2. The highest BCUT2D eigenvalue weighted by atomic mass is 127. The summed E-state index contributed by atoms with van der Waals surface area (Å²) in [5, 5.41) is 18.9. The fraction of sp³-hybridized carbons (Fsp3) is 0.286. The number of nitrogens with zero attached hydrogens (tertiary/aromatic N) is 3. The number of ether oxygens (including phenoxy) is 2. The van der Waals surface area contributed by atoms with Crippen LogP contribution in [0.15, 0.2) is 36.9 Å². The molecular weight excluding hydrogens is 433 g/mol. The van der Waals surface area contributed by atoms with Gasteiger partial charge in [-0.05, 0) is 34.7 Å². The lowest BCUT2D eigenvalue weighted by Gasteiger charge is -2.27. The number of hydrogen-bond acceptors (Lipinski definition) is 6. The second-order valence-corrected chi connectivity index (χ2v) is 5.91. The highest BCUT2D eigenvalue weighted by Gasteiger charge is 2.39. The first-order valence-corrected chi connectivity index (χ1v) is 7.83. The van der Waals surface area contributed by atoms with Gasteiger partial charge in [0.05, 0.1) is 13.2 Å². The lowest BCUT2D eigenvalue weighted by molar-refractivity contribution is -0.177. The van der Waals surface area contributed by atoms with Crippen LogP contribution in [0, 0.1) is 3.57 Å². The number of hydrogen-bond donors (Lipinski definition) is 2. The summed E-state index contributed by atoms with van der Waals surface area (Å²) in [6.07, 6.45) is 3.18. The Labute approximate surface area is 150 Å². The monoisotopic (exact) mass is 447 g/mol. The molecule has 9 nitrogen and oxygen atoms in total. The van der Waals surface area contributed by atoms with Crippen molar-refractivity contribution in [2.75, 3.05) is 13.2 Å². The van der Waals surface area contributed by atoms with Crippen LogP contribution in [0.2, 0.25) is 0 Å². The number of rotatable bonds is 3. The molecule has 128 valence electrons. The Kier molecular flexibility index (Phi) is 6.23. The molecule has 0 saturated carbocycles. The van der Waals surface area contributed by atoms with Gasteiger partial charge in [-0.15, -0.1) is 0 Å². The minimum atomic E-state index is -1.82. The molecule has 3 rings (SSSR count). The fourth-order valence-corrected chi connectivity index (χ4v) is 2.40. The normalized spacial score (nSPS) is 15.4. The van der Waals surface area contributed by atoms with E-state index in [9.17, 15) is 0 Å². The number of aliphatic carboxylic acids is 2. The lowest BCUT2D eigenvalue weighted by Crippen LogP contribution is -2.33. The SMILES string of the molecule is Ic1ccc(C2(Cn3cncn3)OCCO2)cc1.O=C(O)C(=O)O. The van der Waals surface area contributed by atoms with E-state index in [4.69, 9.17) is 29.3 Å². The third-order valence-corrected chi connectivity index (χ3v) is 3.78. The van der Waals surface area contributed by atoms with E-state index < -0.39 is 17.7 Å². The van der Waals surface area contributed by atoms with E-state index in [1.165, 1.54) is 9.90 Å². The van der Waals surface area contributed by atoms with Gasteiger partial charge in [0.2, 0.25) is 5.79 Å². The molecule has 24 heavy (non-hydrogen) atoms. The van der Waals surface area contributed by atoms with Crippen LogP contribution in [-0.4, -0.2) is 50.1 Å². The second kappa shape index (κ2) is 8.17. The second-order valence-electron chi connectivity index (χ2n) is 4.66. The molecule has 0 bridgehead atoms. The minimum Gasteiger partial charge on any atom is -0.473 e. The van der Waals surface area contributed by atoms with Crippen LogP contribution >= 0.6 is 22.6 Å². The van der Waals surface area contributed by atoms with Crippen LogP contribution in [0.4, 0.5) is 0 Å². The van der Waals surface area contributed by atoms with E-state index in [0.717, 1.165) is 5.56 Å². The summed E-state index contributed by atoms with van der Waals surface area (Å²) in [5.41, 5.74) is 1.01. The summed E-state index contributed by atoms with van der Waals surface area (Å²) in [7, 11) is 0. The molecule has 2 N–H and O–H groups in total. The highest BCUT2D eigenvalue weighted by Crippen LogP contribution is 2.33. The van der Waals surface area contributed by atoms with Gasteiger partial charge in [0.15, 0.2) is 0 Å². The van der Waals surface area contributed by atoms with Crippen LogP contribution in [0.5, 0.6) is 0 Å². The molecule has 1 saturated heterocycles. The molecule has 1 aromatic carbocycles. The number of aromatic nitrogens is 3. The third-order valence-electron chi connectivity index (χ3n) is 3.06. The van der Waals surface area contributed by atoms with Gasteiger partial charge in [-0.1, -0.05) is 12.1 Å². The maximum Gasteiger partial charge on any atom is 0.414 e. The minimum absolute atomic E-state index is 0.508. The predicted molar refractivity (Wildman–Crippen MR) is 88.0 cm³/mol. The van der Waals surface area contributed by atoms with E-state index in [-0.39, 0.29) is 0 Å². The van der Waals surface area contributed by atoms with E-state index in [0.29, 0.717) is 19.8 Å². The average molecular weight is 447 g/mol. The Morgan fingerprint density at radius 2 is 1.75 bits per heavy atom. The molecule has 0 radical (unpaired) electrons. The quantitative estimate of drug-likeness (QED) is 0.527. The fourth-order valence-electron chi connectivity index (χ4n) is 2.04. The maximum absolute atomic E-state index is 9.10. The molecule has 0 amide bonds. The van der Waals surface area contributed by atoms with Crippen molar-refractivity contribution in [3.8, 4) is 0 Å².